The number of rotatable bonds is 7. The Morgan fingerprint density at radius 1 is 0.875 bits per heavy atom. The molecule has 0 unspecified atom stereocenters. The van der Waals surface area contributed by atoms with E-state index in [4.69, 9.17) is 41.1 Å². The van der Waals surface area contributed by atoms with E-state index >= 15 is 0 Å². The lowest BCUT2D eigenvalue weighted by molar-refractivity contribution is -0.193. The van der Waals surface area contributed by atoms with E-state index in [9.17, 15) is 31.1 Å². The summed E-state index contributed by atoms with van der Waals surface area (Å²) in [5, 5.41) is 32.4. The number of nitrogens with one attached hydrogen (secondary N) is 3. The van der Waals surface area contributed by atoms with Crippen LogP contribution in [0.15, 0.2) is 48.5 Å². The van der Waals surface area contributed by atoms with Gasteiger partial charge in [0.1, 0.15) is 24.0 Å². The summed E-state index contributed by atoms with van der Waals surface area (Å²) in [7, 11) is 3.60. The monoisotopic (exact) mass is 581 g/mol. The van der Waals surface area contributed by atoms with E-state index < -0.39 is 24.3 Å². The zero-order valence-corrected chi connectivity index (χ0v) is 20.9. The van der Waals surface area contributed by atoms with Crippen LogP contribution in [0.25, 0.3) is 0 Å². The van der Waals surface area contributed by atoms with Gasteiger partial charge < -0.3 is 30.9 Å². The second-order valence-corrected chi connectivity index (χ2v) is 7.47. The number of hydrogen-bond donors (Lipinski definition) is 6. The average molecular weight is 581 g/mol. The van der Waals surface area contributed by atoms with Gasteiger partial charge in [0.05, 0.1) is 6.54 Å². The number of amidine groups is 2. The third-order valence-electron chi connectivity index (χ3n) is 4.15. The molecule has 0 aliphatic heterocycles. The van der Waals surface area contributed by atoms with Crippen LogP contribution in [0.1, 0.15) is 21.5 Å². The van der Waals surface area contributed by atoms with E-state index in [-0.39, 0.29) is 11.7 Å². The van der Waals surface area contributed by atoms with Gasteiger partial charge >= 0.3 is 24.3 Å². The molecule has 11 nitrogen and oxygen atoms in total. The first-order chi connectivity index (χ1) is 18.3. The Morgan fingerprint density at radius 3 is 1.73 bits per heavy atom. The van der Waals surface area contributed by atoms with Gasteiger partial charge in [0.15, 0.2) is 0 Å². The minimum absolute atomic E-state index is 0.0189. The standard InChI is InChI=1S/C19H23N5O2.2C2HF3O2/c1-24(2)18(22)13-6-8-14(9-7-13)19(25)23-10-11-26-16-5-3-4-15(12-16)17(20)21;2*3-2(4,5)1(6)7/h3-9,12,22H,10-11H2,1-2H3,(H3,20,21)(H,23,25);2*(H,6,7). The van der Waals surface area contributed by atoms with Crippen molar-refractivity contribution in [2.24, 2.45) is 5.73 Å². The van der Waals surface area contributed by atoms with Crippen molar-refractivity contribution >= 4 is 29.5 Å². The number of benzene rings is 2. The molecule has 7 N–H and O–H groups in total. The number of carbonyl (C=O) groups excluding carboxylic acids is 1. The molecular formula is C23H25F6N5O6. The zero-order chi connectivity index (χ0) is 31.3. The van der Waals surface area contributed by atoms with Crippen molar-refractivity contribution in [2.75, 3.05) is 27.2 Å². The van der Waals surface area contributed by atoms with Gasteiger partial charge in [0.25, 0.3) is 5.91 Å². The summed E-state index contributed by atoms with van der Waals surface area (Å²) in [6.45, 7) is 0.648. The molecule has 17 heteroatoms. The SMILES string of the molecule is CN(C)C(=N)c1ccc(C(=O)NCCOc2cccc(C(=N)N)c2)cc1.O=C(O)C(F)(F)F.O=C(O)C(F)(F)F. The lowest BCUT2D eigenvalue weighted by Crippen LogP contribution is -2.28. The van der Waals surface area contributed by atoms with Crippen molar-refractivity contribution in [1.82, 2.24) is 10.2 Å². The number of hydrogen-bond acceptors (Lipinski definition) is 6. The molecule has 0 aliphatic carbocycles. The van der Waals surface area contributed by atoms with Gasteiger partial charge in [0, 0.05) is 30.8 Å². The second kappa shape index (κ2) is 15.6. The van der Waals surface area contributed by atoms with E-state index in [1.165, 1.54) is 0 Å². The van der Waals surface area contributed by atoms with Gasteiger partial charge in [0.2, 0.25) is 0 Å². The highest BCUT2D eigenvalue weighted by atomic mass is 19.4. The maximum absolute atomic E-state index is 12.1. The number of carboxylic acids is 2. The molecule has 0 radical (unpaired) electrons. The molecule has 0 spiro atoms. The van der Waals surface area contributed by atoms with Gasteiger partial charge in [-0.25, -0.2) is 9.59 Å². The van der Waals surface area contributed by atoms with E-state index in [2.05, 4.69) is 5.32 Å². The predicted octanol–water partition coefficient (Wildman–Crippen LogP) is 2.93. The summed E-state index contributed by atoms with van der Waals surface area (Å²) in [5.74, 6) is -4.75. The normalized spacial score (nSPS) is 10.5. The number of carboxylic acid groups (broad SMARTS) is 2. The van der Waals surface area contributed by atoms with Crippen molar-refractivity contribution in [3.8, 4) is 5.75 Å². The van der Waals surface area contributed by atoms with Crippen LogP contribution in [0.2, 0.25) is 0 Å². The molecule has 0 saturated heterocycles. The van der Waals surface area contributed by atoms with Gasteiger partial charge in [-0.05, 0) is 24.3 Å². The van der Waals surface area contributed by atoms with Gasteiger partial charge in [-0.2, -0.15) is 26.3 Å². The molecule has 40 heavy (non-hydrogen) atoms. The fraction of sp³-hybridized carbons (Fsp3) is 0.261. The van der Waals surface area contributed by atoms with Crippen LogP contribution in [0.4, 0.5) is 26.3 Å². The number of carbonyl (C=O) groups is 3. The van der Waals surface area contributed by atoms with Crippen molar-refractivity contribution in [3.05, 3.63) is 65.2 Å². The molecule has 2 aromatic carbocycles. The quantitative estimate of drug-likeness (QED) is 0.124. The lowest BCUT2D eigenvalue weighted by atomic mass is 10.1. The number of halogens is 6. The van der Waals surface area contributed by atoms with Crippen LogP contribution in [-0.4, -0.2) is 84.2 Å². The number of ether oxygens (including phenoxy) is 1. The minimum Gasteiger partial charge on any atom is -0.492 e. The highest BCUT2D eigenvalue weighted by Gasteiger charge is 2.38. The van der Waals surface area contributed by atoms with Gasteiger partial charge in [-0.15, -0.1) is 0 Å². The third kappa shape index (κ3) is 13.6. The Labute approximate surface area is 223 Å². The van der Waals surface area contributed by atoms with Crippen LogP contribution >= 0.6 is 0 Å². The summed E-state index contributed by atoms with van der Waals surface area (Å²) in [6, 6.07) is 13.8. The summed E-state index contributed by atoms with van der Waals surface area (Å²) < 4.78 is 69.0. The zero-order valence-electron chi connectivity index (χ0n) is 20.9. The van der Waals surface area contributed by atoms with Crippen LogP contribution in [-0.2, 0) is 9.59 Å². The first kappa shape index (κ1) is 35.2. The fourth-order valence-corrected chi connectivity index (χ4v) is 2.23. The van der Waals surface area contributed by atoms with Crippen molar-refractivity contribution in [2.45, 2.75) is 12.4 Å². The number of nitrogen functional groups attached to an aromatic ring is 1. The molecule has 0 fully saturated rings. The van der Waals surface area contributed by atoms with Crippen molar-refractivity contribution in [3.63, 3.8) is 0 Å². The molecule has 0 atom stereocenters. The van der Waals surface area contributed by atoms with E-state index in [0.29, 0.717) is 35.9 Å². The predicted molar refractivity (Wildman–Crippen MR) is 130 cm³/mol. The molecule has 0 bridgehead atoms. The Balaban J connectivity index is 0.000000894. The topological polar surface area (TPSA) is 190 Å². The fourth-order valence-electron chi connectivity index (χ4n) is 2.23. The Hall–Kier alpha value is -4.83. The van der Waals surface area contributed by atoms with Gasteiger partial charge in [-0.1, -0.05) is 24.3 Å². The maximum Gasteiger partial charge on any atom is 0.490 e. The first-order valence-corrected chi connectivity index (χ1v) is 10.6. The number of amides is 1. The van der Waals surface area contributed by atoms with E-state index in [0.717, 1.165) is 5.56 Å². The molecule has 2 rings (SSSR count). The number of aliphatic carboxylic acids is 2. The van der Waals surface area contributed by atoms with Crippen LogP contribution < -0.4 is 15.8 Å². The average Bonchev–Trinajstić information content (AvgIpc) is 2.85. The largest absolute Gasteiger partial charge is 0.492 e. The van der Waals surface area contributed by atoms with Crippen LogP contribution in [0.5, 0.6) is 5.75 Å². The highest BCUT2D eigenvalue weighted by Crippen LogP contribution is 2.14. The summed E-state index contributed by atoms with van der Waals surface area (Å²) >= 11 is 0. The summed E-state index contributed by atoms with van der Waals surface area (Å²) in [5.41, 5.74) is 7.31. The molecule has 220 valence electrons. The molecule has 0 saturated carbocycles. The Bertz CT molecular complexity index is 1160. The second-order valence-electron chi connectivity index (χ2n) is 7.47. The Morgan fingerprint density at radius 2 is 1.32 bits per heavy atom. The summed E-state index contributed by atoms with van der Waals surface area (Å²) in [6.07, 6.45) is -10.2. The lowest BCUT2D eigenvalue weighted by Gasteiger charge is -2.14. The molecular weight excluding hydrogens is 556 g/mol. The molecule has 0 heterocycles. The van der Waals surface area contributed by atoms with Gasteiger partial charge in [-0.3, -0.25) is 15.6 Å². The maximum atomic E-state index is 12.1. The highest BCUT2D eigenvalue weighted by molar-refractivity contribution is 5.98. The molecule has 0 aromatic heterocycles. The Kier molecular flexibility index (Phi) is 13.7. The smallest absolute Gasteiger partial charge is 0.490 e. The van der Waals surface area contributed by atoms with Crippen LogP contribution in [0.3, 0.4) is 0 Å². The number of nitrogens with two attached hydrogens (primary N) is 1. The summed E-state index contributed by atoms with van der Waals surface area (Å²) in [4.78, 5) is 31.6. The molecule has 0 aliphatic rings. The van der Waals surface area contributed by atoms with E-state index in [1.807, 2.05) is 0 Å². The first-order valence-electron chi connectivity index (χ1n) is 10.6. The van der Waals surface area contributed by atoms with Crippen LogP contribution in [0, 0.1) is 10.8 Å². The molecule has 2 aromatic rings. The third-order valence-corrected chi connectivity index (χ3v) is 4.15. The van der Waals surface area contributed by atoms with E-state index in [1.54, 1.807) is 67.5 Å². The molecule has 1 amide bonds. The number of alkyl halides is 6. The minimum atomic E-state index is -5.08. The number of nitrogens with zero attached hydrogens (tertiary/aromatic N) is 1. The van der Waals surface area contributed by atoms with Crippen molar-refractivity contribution in [1.29, 1.82) is 10.8 Å². The van der Waals surface area contributed by atoms with Crippen molar-refractivity contribution < 1.29 is 55.7 Å².